The lowest BCUT2D eigenvalue weighted by atomic mass is 9.86. The van der Waals surface area contributed by atoms with Crippen LogP contribution in [0.2, 0.25) is 0 Å². The molecule has 0 amide bonds. The summed E-state index contributed by atoms with van der Waals surface area (Å²) >= 11 is 0. The second-order valence-electron chi connectivity index (χ2n) is 6.74. The van der Waals surface area contributed by atoms with E-state index in [1.807, 2.05) is 13.8 Å². The summed E-state index contributed by atoms with van der Waals surface area (Å²) in [7, 11) is 0. The Morgan fingerprint density at radius 2 is 2.06 bits per heavy atom. The maximum Gasteiger partial charge on any atom is 0.0591 e. The Hall–Kier alpha value is -0.0800. The lowest BCUT2D eigenvalue weighted by Gasteiger charge is -2.30. The van der Waals surface area contributed by atoms with Crippen molar-refractivity contribution in [2.75, 3.05) is 0 Å². The zero-order valence-electron chi connectivity index (χ0n) is 12.1. The van der Waals surface area contributed by atoms with Crippen LogP contribution in [0.4, 0.5) is 0 Å². The van der Waals surface area contributed by atoms with Gasteiger partial charge >= 0.3 is 0 Å². The molecule has 1 aliphatic rings. The van der Waals surface area contributed by atoms with Crippen molar-refractivity contribution in [1.82, 2.24) is 5.32 Å². The third-order valence-electron chi connectivity index (χ3n) is 3.88. The standard InChI is InChI=1S/C15H31NO/c1-12-7-5-9-14(11-12)16-13(2)8-6-10-15(3,4)17/h12-14,16-17H,5-11H2,1-4H3/t12-,13-,14+/m1/s1. The zero-order chi connectivity index (χ0) is 12.9. The monoisotopic (exact) mass is 241 g/mol. The third-order valence-corrected chi connectivity index (χ3v) is 3.88. The van der Waals surface area contributed by atoms with Gasteiger partial charge < -0.3 is 10.4 Å². The van der Waals surface area contributed by atoms with Crippen LogP contribution in [-0.2, 0) is 0 Å². The van der Waals surface area contributed by atoms with Gasteiger partial charge in [0, 0.05) is 12.1 Å². The summed E-state index contributed by atoms with van der Waals surface area (Å²) < 4.78 is 0. The van der Waals surface area contributed by atoms with Crippen LogP contribution in [0.1, 0.15) is 72.6 Å². The van der Waals surface area contributed by atoms with Gasteiger partial charge in [-0.15, -0.1) is 0 Å². The molecule has 0 aromatic carbocycles. The molecule has 1 rings (SSSR count). The van der Waals surface area contributed by atoms with Crippen molar-refractivity contribution < 1.29 is 5.11 Å². The van der Waals surface area contributed by atoms with Gasteiger partial charge in [0.25, 0.3) is 0 Å². The van der Waals surface area contributed by atoms with E-state index < -0.39 is 5.60 Å². The molecule has 0 radical (unpaired) electrons. The fourth-order valence-corrected chi connectivity index (χ4v) is 2.91. The minimum Gasteiger partial charge on any atom is -0.390 e. The van der Waals surface area contributed by atoms with E-state index in [9.17, 15) is 5.11 Å². The minimum absolute atomic E-state index is 0.501. The second-order valence-corrected chi connectivity index (χ2v) is 6.74. The smallest absolute Gasteiger partial charge is 0.0591 e. The first-order chi connectivity index (χ1) is 7.87. The molecule has 102 valence electrons. The number of hydrogen-bond donors (Lipinski definition) is 2. The van der Waals surface area contributed by atoms with Crippen molar-refractivity contribution in [1.29, 1.82) is 0 Å². The molecule has 0 saturated heterocycles. The Balaban J connectivity index is 2.13. The predicted molar refractivity (Wildman–Crippen MR) is 74.2 cm³/mol. The first-order valence-electron chi connectivity index (χ1n) is 7.35. The molecule has 0 aromatic rings. The summed E-state index contributed by atoms with van der Waals surface area (Å²) in [5.41, 5.74) is -0.501. The molecule has 17 heavy (non-hydrogen) atoms. The molecule has 1 aliphatic carbocycles. The van der Waals surface area contributed by atoms with Crippen molar-refractivity contribution in [2.45, 2.75) is 90.3 Å². The molecular formula is C15H31NO. The Labute approximate surface area is 107 Å². The van der Waals surface area contributed by atoms with Crippen LogP contribution in [0.3, 0.4) is 0 Å². The molecule has 3 atom stereocenters. The average Bonchev–Trinajstić information content (AvgIpc) is 2.15. The zero-order valence-corrected chi connectivity index (χ0v) is 12.1. The highest BCUT2D eigenvalue weighted by Crippen LogP contribution is 2.24. The van der Waals surface area contributed by atoms with Crippen LogP contribution in [0.5, 0.6) is 0 Å². The molecule has 0 heterocycles. The highest BCUT2D eigenvalue weighted by Gasteiger charge is 2.20. The molecule has 0 spiro atoms. The number of hydrogen-bond acceptors (Lipinski definition) is 2. The molecule has 1 fully saturated rings. The Kier molecular flexibility index (Phi) is 5.94. The van der Waals surface area contributed by atoms with Gasteiger partial charge in [-0.1, -0.05) is 19.8 Å². The topological polar surface area (TPSA) is 32.3 Å². The quantitative estimate of drug-likeness (QED) is 0.746. The summed E-state index contributed by atoms with van der Waals surface area (Å²) in [5, 5.41) is 13.4. The SMILES string of the molecule is C[C@@H]1CCC[C@H](N[C@H](C)CCCC(C)(C)O)C1. The molecule has 0 bridgehead atoms. The summed E-state index contributed by atoms with van der Waals surface area (Å²) in [6.45, 7) is 8.44. The maximum absolute atomic E-state index is 9.67. The van der Waals surface area contributed by atoms with Crippen LogP contribution in [0.15, 0.2) is 0 Å². The molecule has 2 nitrogen and oxygen atoms in total. The van der Waals surface area contributed by atoms with Crippen molar-refractivity contribution in [3.05, 3.63) is 0 Å². The largest absolute Gasteiger partial charge is 0.390 e. The van der Waals surface area contributed by atoms with E-state index in [1.54, 1.807) is 0 Å². The van der Waals surface area contributed by atoms with Crippen molar-refractivity contribution in [2.24, 2.45) is 5.92 Å². The van der Waals surface area contributed by atoms with E-state index in [1.165, 1.54) is 32.1 Å². The van der Waals surface area contributed by atoms with Crippen molar-refractivity contribution in [3.63, 3.8) is 0 Å². The molecule has 2 heteroatoms. The van der Waals surface area contributed by atoms with E-state index in [4.69, 9.17) is 0 Å². The van der Waals surface area contributed by atoms with Gasteiger partial charge in [0.2, 0.25) is 0 Å². The summed E-state index contributed by atoms with van der Waals surface area (Å²) in [6.07, 6.45) is 8.67. The second kappa shape index (κ2) is 6.75. The normalized spacial score (nSPS) is 28.1. The third kappa shape index (κ3) is 7.05. The van der Waals surface area contributed by atoms with Gasteiger partial charge in [-0.05, 0) is 58.8 Å². The van der Waals surface area contributed by atoms with Crippen LogP contribution >= 0.6 is 0 Å². The average molecular weight is 241 g/mol. The molecule has 0 aliphatic heterocycles. The highest BCUT2D eigenvalue weighted by molar-refractivity contribution is 4.78. The maximum atomic E-state index is 9.67. The fourth-order valence-electron chi connectivity index (χ4n) is 2.91. The van der Waals surface area contributed by atoms with Crippen LogP contribution in [0.25, 0.3) is 0 Å². The Bertz CT molecular complexity index is 209. The number of aliphatic hydroxyl groups is 1. The molecule has 2 N–H and O–H groups in total. The number of rotatable bonds is 6. The molecule has 1 saturated carbocycles. The van der Waals surface area contributed by atoms with Crippen LogP contribution < -0.4 is 5.32 Å². The Morgan fingerprint density at radius 1 is 1.35 bits per heavy atom. The summed E-state index contributed by atoms with van der Waals surface area (Å²) in [4.78, 5) is 0. The van der Waals surface area contributed by atoms with E-state index in [0.717, 1.165) is 24.8 Å². The van der Waals surface area contributed by atoms with Crippen molar-refractivity contribution in [3.8, 4) is 0 Å². The van der Waals surface area contributed by atoms with Crippen LogP contribution in [0, 0.1) is 5.92 Å². The van der Waals surface area contributed by atoms with Gasteiger partial charge in [0.15, 0.2) is 0 Å². The van der Waals surface area contributed by atoms with Gasteiger partial charge in [0.05, 0.1) is 5.60 Å². The first-order valence-corrected chi connectivity index (χ1v) is 7.35. The van der Waals surface area contributed by atoms with E-state index in [-0.39, 0.29) is 0 Å². The van der Waals surface area contributed by atoms with Gasteiger partial charge in [-0.2, -0.15) is 0 Å². The van der Waals surface area contributed by atoms with Gasteiger partial charge in [-0.3, -0.25) is 0 Å². The van der Waals surface area contributed by atoms with E-state index in [0.29, 0.717) is 6.04 Å². The fraction of sp³-hybridized carbons (Fsp3) is 1.00. The first kappa shape index (κ1) is 15.0. The number of nitrogens with one attached hydrogen (secondary N) is 1. The summed E-state index contributed by atoms with van der Waals surface area (Å²) in [5.74, 6) is 0.893. The lowest BCUT2D eigenvalue weighted by Crippen LogP contribution is -2.39. The van der Waals surface area contributed by atoms with Gasteiger partial charge in [-0.25, -0.2) is 0 Å². The Morgan fingerprint density at radius 3 is 2.65 bits per heavy atom. The molecule has 0 aromatic heterocycles. The minimum atomic E-state index is -0.501. The molecule has 0 unspecified atom stereocenters. The van der Waals surface area contributed by atoms with Crippen LogP contribution in [-0.4, -0.2) is 22.8 Å². The lowest BCUT2D eigenvalue weighted by molar-refractivity contribution is 0.0673. The van der Waals surface area contributed by atoms with E-state index >= 15 is 0 Å². The summed E-state index contributed by atoms with van der Waals surface area (Å²) in [6, 6.07) is 1.32. The van der Waals surface area contributed by atoms with Gasteiger partial charge in [0.1, 0.15) is 0 Å². The molecular weight excluding hydrogens is 210 g/mol. The van der Waals surface area contributed by atoms with E-state index in [2.05, 4.69) is 19.2 Å². The highest BCUT2D eigenvalue weighted by atomic mass is 16.3. The van der Waals surface area contributed by atoms with Crippen molar-refractivity contribution >= 4 is 0 Å². The predicted octanol–water partition coefficient (Wildman–Crippen LogP) is 3.48.